The third-order valence-electron chi connectivity index (χ3n) is 2.95. The molecule has 0 aliphatic rings. The molecule has 0 saturated heterocycles. The van der Waals surface area contributed by atoms with Crippen LogP contribution in [0, 0.1) is 0 Å². The SMILES string of the molecule is CCNC(C)CC(=O)NC(CO)Cc1ccccc1. The summed E-state index contributed by atoms with van der Waals surface area (Å²) in [6.45, 7) is 4.80. The molecule has 0 aliphatic heterocycles. The van der Waals surface area contributed by atoms with Crippen LogP contribution in [0.25, 0.3) is 0 Å². The monoisotopic (exact) mass is 264 g/mol. The molecule has 4 heteroatoms. The van der Waals surface area contributed by atoms with Gasteiger partial charge in [0.1, 0.15) is 0 Å². The highest BCUT2D eigenvalue weighted by molar-refractivity contribution is 5.76. The van der Waals surface area contributed by atoms with Crippen molar-refractivity contribution < 1.29 is 9.90 Å². The highest BCUT2D eigenvalue weighted by Gasteiger charge is 2.14. The van der Waals surface area contributed by atoms with Crippen LogP contribution in [0.5, 0.6) is 0 Å². The summed E-state index contributed by atoms with van der Waals surface area (Å²) in [4.78, 5) is 11.8. The Morgan fingerprint density at radius 1 is 1.32 bits per heavy atom. The van der Waals surface area contributed by atoms with Crippen molar-refractivity contribution in [2.75, 3.05) is 13.2 Å². The second-order valence-electron chi connectivity index (χ2n) is 4.80. The second-order valence-corrected chi connectivity index (χ2v) is 4.80. The van der Waals surface area contributed by atoms with Gasteiger partial charge in [0.25, 0.3) is 0 Å². The average Bonchev–Trinajstić information content (AvgIpc) is 2.39. The number of amides is 1. The lowest BCUT2D eigenvalue weighted by Crippen LogP contribution is -2.41. The number of carbonyl (C=O) groups is 1. The van der Waals surface area contributed by atoms with Gasteiger partial charge in [-0.2, -0.15) is 0 Å². The summed E-state index contributed by atoms with van der Waals surface area (Å²) in [5.74, 6) is -0.0246. The molecule has 1 aromatic carbocycles. The number of carbonyl (C=O) groups excluding carboxylic acids is 1. The van der Waals surface area contributed by atoms with E-state index in [4.69, 9.17) is 0 Å². The Labute approximate surface area is 115 Å². The van der Waals surface area contributed by atoms with Gasteiger partial charge in [0.2, 0.25) is 5.91 Å². The minimum absolute atomic E-state index is 0.0246. The van der Waals surface area contributed by atoms with Crippen molar-refractivity contribution in [3.05, 3.63) is 35.9 Å². The normalized spacial score (nSPS) is 13.8. The molecule has 19 heavy (non-hydrogen) atoms. The lowest BCUT2D eigenvalue weighted by molar-refractivity contribution is -0.122. The molecule has 0 saturated carbocycles. The summed E-state index contributed by atoms with van der Waals surface area (Å²) in [6, 6.07) is 9.79. The van der Waals surface area contributed by atoms with Gasteiger partial charge in [-0.05, 0) is 25.5 Å². The third kappa shape index (κ3) is 6.36. The van der Waals surface area contributed by atoms with Crippen LogP contribution in [0.4, 0.5) is 0 Å². The zero-order chi connectivity index (χ0) is 14.1. The van der Waals surface area contributed by atoms with Crippen LogP contribution in [0.1, 0.15) is 25.8 Å². The molecule has 106 valence electrons. The average molecular weight is 264 g/mol. The van der Waals surface area contributed by atoms with Crippen molar-refractivity contribution >= 4 is 5.91 Å². The van der Waals surface area contributed by atoms with Crippen molar-refractivity contribution in [3.63, 3.8) is 0 Å². The smallest absolute Gasteiger partial charge is 0.221 e. The Morgan fingerprint density at radius 2 is 2.00 bits per heavy atom. The van der Waals surface area contributed by atoms with Crippen LogP contribution >= 0.6 is 0 Å². The highest BCUT2D eigenvalue weighted by atomic mass is 16.3. The number of hydrogen-bond acceptors (Lipinski definition) is 3. The summed E-state index contributed by atoms with van der Waals surface area (Å²) in [5.41, 5.74) is 1.11. The summed E-state index contributed by atoms with van der Waals surface area (Å²) in [7, 11) is 0. The van der Waals surface area contributed by atoms with Gasteiger partial charge < -0.3 is 15.7 Å². The maximum atomic E-state index is 11.8. The Hall–Kier alpha value is -1.39. The molecule has 0 heterocycles. The van der Waals surface area contributed by atoms with Crippen molar-refractivity contribution in [2.24, 2.45) is 0 Å². The molecule has 3 N–H and O–H groups in total. The molecule has 1 rings (SSSR count). The predicted molar refractivity (Wildman–Crippen MR) is 76.9 cm³/mol. The first-order valence-corrected chi connectivity index (χ1v) is 6.83. The van der Waals surface area contributed by atoms with Crippen molar-refractivity contribution in [3.8, 4) is 0 Å². The van der Waals surface area contributed by atoms with E-state index in [2.05, 4.69) is 10.6 Å². The van der Waals surface area contributed by atoms with Gasteiger partial charge in [-0.3, -0.25) is 4.79 Å². The number of hydrogen-bond donors (Lipinski definition) is 3. The molecule has 0 aliphatic carbocycles. The number of rotatable bonds is 8. The summed E-state index contributed by atoms with van der Waals surface area (Å²) in [5, 5.41) is 15.4. The van der Waals surface area contributed by atoms with E-state index in [-0.39, 0.29) is 24.6 Å². The summed E-state index contributed by atoms with van der Waals surface area (Å²) < 4.78 is 0. The third-order valence-corrected chi connectivity index (χ3v) is 2.95. The molecule has 0 bridgehead atoms. The topological polar surface area (TPSA) is 61.4 Å². The first-order chi connectivity index (χ1) is 9.15. The van der Waals surface area contributed by atoms with E-state index in [0.717, 1.165) is 12.1 Å². The van der Waals surface area contributed by atoms with Gasteiger partial charge >= 0.3 is 0 Å². The van der Waals surface area contributed by atoms with Crippen LogP contribution < -0.4 is 10.6 Å². The maximum Gasteiger partial charge on any atom is 0.221 e. The van der Waals surface area contributed by atoms with Crippen LogP contribution in [-0.2, 0) is 11.2 Å². The molecule has 1 aromatic rings. The van der Waals surface area contributed by atoms with Crippen LogP contribution in [0.15, 0.2) is 30.3 Å². The molecule has 0 aromatic heterocycles. The highest BCUT2D eigenvalue weighted by Crippen LogP contribution is 2.03. The van der Waals surface area contributed by atoms with Crippen LogP contribution in [0.2, 0.25) is 0 Å². The molecule has 2 unspecified atom stereocenters. The fourth-order valence-corrected chi connectivity index (χ4v) is 2.05. The molecule has 1 amide bonds. The fraction of sp³-hybridized carbons (Fsp3) is 0.533. The first kappa shape index (κ1) is 15.7. The minimum Gasteiger partial charge on any atom is -0.394 e. The van der Waals surface area contributed by atoms with E-state index >= 15 is 0 Å². The molecule has 0 radical (unpaired) electrons. The van der Waals surface area contributed by atoms with Gasteiger partial charge in [0.05, 0.1) is 12.6 Å². The zero-order valence-corrected chi connectivity index (χ0v) is 11.7. The van der Waals surface area contributed by atoms with Crippen LogP contribution in [0.3, 0.4) is 0 Å². The minimum atomic E-state index is -0.219. The van der Waals surface area contributed by atoms with E-state index < -0.39 is 0 Å². The van der Waals surface area contributed by atoms with E-state index in [1.165, 1.54) is 0 Å². The standard InChI is InChI=1S/C15H24N2O2/c1-3-16-12(2)9-15(19)17-14(11-18)10-13-7-5-4-6-8-13/h4-8,12,14,16,18H,3,9-11H2,1-2H3,(H,17,19). The second kappa shape index (κ2) is 8.67. The number of aliphatic hydroxyl groups excluding tert-OH is 1. The quantitative estimate of drug-likeness (QED) is 0.659. The Bertz CT molecular complexity index is 368. The summed E-state index contributed by atoms with van der Waals surface area (Å²) in [6.07, 6.45) is 1.08. The fourth-order valence-electron chi connectivity index (χ4n) is 2.05. The van der Waals surface area contributed by atoms with Gasteiger partial charge in [-0.25, -0.2) is 0 Å². The van der Waals surface area contributed by atoms with E-state index in [9.17, 15) is 9.90 Å². The number of benzene rings is 1. The van der Waals surface area contributed by atoms with Gasteiger partial charge in [0.15, 0.2) is 0 Å². The molecule has 0 fully saturated rings. The first-order valence-electron chi connectivity index (χ1n) is 6.83. The maximum absolute atomic E-state index is 11.8. The Morgan fingerprint density at radius 3 is 2.58 bits per heavy atom. The van der Waals surface area contributed by atoms with Crippen molar-refractivity contribution in [1.82, 2.24) is 10.6 Å². The zero-order valence-electron chi connectivity index (χ0n) is 11.7. The van der Waals surface area contributed by atoms with Gasteiger partial charge in [-0.1, -0.05) is 37.3 Å². The Kier molecular flexibility index (Phi) is 7.15. The predicted octanol–water partition coefficient (Wildman–Crippen LogP) is 1.09. The summed E-state index contributed by atoms with van der Waals surface area (Å²) >= 11 is 0. The van der Waals surface area contributed by atoms with E-state index in [0.29, 0.717) is 12.8 Å². The van der Waals surface area contributed by atoms with Crippen molar-refractivity contribution in [2.45, 2.75) is 38.8 Å². The number of aliphatic hydroxyl groups is 1. The molecule has 2 atom stereocenters. The largest absolute Gasteiger partial charge is 0.394 e. The van der Waals surface area contributed by atoms with E-state index in [1.54, 1.807) is 0 Å². The number of nitrogens with one attached hydrogen (secondary N) is 2. The molecular weight excluding hydrogens is 240 g/mol. The lowest BCUT2D eigenvalue weighted by Gasteiger charge is -2.18. The van der Waals surface area contributed by atoms with Gasteiger partial charge in [0, 0.05) is 12.5 Å². The molecule has 0 spiro atoms. The van der Waals surface area contributed by atoms with Crippen LogP contribution in [-0.4, -0.2) is 36.2 Å². The Balaban J connectivity index is 2.41. The van der Waals surface area contributed by atoms with E-state index in [1.807, 2.05) is 44.2 Å². The molecule has 4 nitrogen and oxygen atoms in total. The lowest BCUT2D eigenvalue weighted by atomic mass is 10.1. The van der Waals surface area contributed by atoms with Gasteiger partial charge in [-0.15, -0.1) is 0 Å². The van der Waals surface area contributed by atoms with Crippen molar-refractivity contribution in [1.29, 1.82) is 0 Å². The molecular formula is C15H24N2O2.